The predicted octanol–water partition coefficient (Wildman–Crippen LogP) is 3.25. The van der Waals surface area contributed by atoms with Crippen LogP contribution in [0.4, 0.5) is 0 Å². The van der Waals surface area contributed by atoms with E-state index in [0.29, 0.717) is 33.8 Å². The van der Waals surface area contributed by atoms with E-state index in [0.717, 1.165) is 16.7 Å². The third-order valence-corrected chi connectivity index (χ3v) is 11.1. The van der Waals surface area contributed by atoms with Gasteiger partial charge in [-0.15, -0.1) is 0 Å². The van der Waals surface area contributed by atoms with Gasteiger partial charge in [0.1, 0.15) is 35.7 Å². The number of aromatic nitrogens is 4. The molecule has 16 heteroatoms. The summed E-state index contributed by atoms with van der Waals surface area (Å²) in [6.07, 6.45) is 0.499. The van der Waals surface area contributed by atoms with Crippen LogP contribution < -0.4 is 32.0 Å². The van der Waals surface area contributed by atoms with E-state index in [1.165, 1.54) is 27.7 Å². The monoisotopic (exact) mass is 809 g/mol. The first-order valence-electron chi connectivity index (χ1n) is 19.3. The fourth-order valence-corrected chi connectivity index (χ4v) is 7.82. The van der Waals surface area contributed by atoms with E-state index in [1.807, 2.05) is 78.9 Å². The number of ether oxygens (including phenoxy) is 5. The lowest BCUT2D eigenvalue weighted by atomic mass is 9.80. The number of hydrogen-bond donors (Lipinski definition) is 3. The number of nitrogens with one attached hydrogen (secondary N) is 2. The lowest BCUT2D eigenvalue weighted by Gasteiger charge is -2.37. The van der Waals surface area contributed by atoms with Gasteiger partial charge in [0.05, 0.1) is 33.0 Å². The van der Waals surface area contributed by atoms with E-state index >= 15 is 0 Å². The van der Waals surface area contributed by atoms with Crippen molar-refractivity contribution < 1.29 is 33.5 Å². The van der Waals surface area contributed by atoms with Crippen molar-refractivity contribution in [3.05, 3.63) is 166 Å². The summed E-state index contributed by atoms with van der Waals surface area (Å²) < 4.78 is 33.9. The number of hydrogen-bond acceptors (Lipinski definition) is 11. The Balaban J connectivity index is 1.19. The molecule has 2 saturated heterocycles. The van der Waals surface area contributed by atoms with Gasteiger partial charge in [-0.2, -0.15) is 0 Å². The largest absolute Gasteiger partial charge is 0.624 e. The Kier molecular flexibility index (Phi) is 12.1. The second-order valence-electron chi connectivity index (χ2n) is 14.8. The van der Waals surface area contributed by atoms with E-state index in [2.05, 4.69) is 9.97 Å². The Bertz CT molecular complexity index is 2460. The highest BCUT2D eigenvalue weighted by molar-refractivity contribution is 5.52. The van der Waals surface area contributed by atoms with E-state index in [1.54, 1.807) is 28.1 Å². The van der Waals surface area contributed by atoms with Crippen LogP contribution in [0.3, 0.4) is 0 Å². The Hall–Kier alpha value is -6.07. The van der Waals surface area contributed by atoms with Crippen molar-refractivity contribution in [2.45, 2.75) is 69.5 Å². The molecule has 5 aromatic rings. The van der Waals surface area contributed by atoms with Gasteiger partial charge in [-0.05, 0) is 61.2 Å². The van der Waals surface area contributed by atoms with Gasteiger partial charge in [0.2, 0.25) is 0 Å². The van der Waals surface area contributed by atoms with Gasteiger partial charge in [-0.25, -0.2) is 14.3 Å². The second-order valence-corrected chi connectivity index (χ2v) is 14.8. The van der Waals surface area contributed by atoms with Gasteiger partial charge in [-0.3, -0.25) is 28.7 Å². The van der Waals surface area contributed by atoms with Crippen LogP contribution in [0.2, 0.25) is 0 Å². The third kappa shape index (κ3) is 8.57. The molecular weight excluding hydrogens is 762 g/mol. The number of aryl methyl sites for hydroxylation is 2. The van der Waals surface area contributed by atoms with Gasteiger partial charge in [0.15, 0.2) is 12.8 Å². The SMILES string of the molecule is COc1ccc(C(OC[C@H]2O[C@@H](n3cc(C)c(=O)[nH]c3=O)C[C@@H]2C/C=[N+](\[O-])C[C@H]2O[C@@H](n3cc(C)c(=O)[nH]c3=O)C[C@@H]2O)(c2ccccc2)c2ccc(OC)cc2)cc1. The van der Waals surface area contributed by atoms with Crippen LogP contribution in [0, 0.1) is 25.0 Å². The highest BCUT2D eigenvalue weighted by Crippen LogP contribution is 2.43. The van der Waals surface area contributed by atoms with Crippen molar-refractivity contribution in [1.29, 1.82) is 0 Å². The number of aliphatic hydroxyl groups excluding tert-OH is 1. The first-order valence-corrected chi connectivity index (χ1v) is 19.3. The Labute approximate surface area is 338 Å². The molecule has 0 unspecified atom stereocenters. The summed E-state index contributed by atoms with van der Waals surface area (Å²) in [6, 6.07) is 25.0. The van der Waals surface area contributed by atoms with E-state index in [-0.39, 0.29) is 31.9 Å². The minimum Gasteiger partial charge on any atom is -0.624 e. The van der Waals surface area contributed by atoms with Gasteiger partial charge in [0.25, 0.3) is 11.1 Å². The van der Waals surface area contributed by atoms with Crippen molar-refractivity contribution in [1.82, 2.24) is 19.1 Å². The van der Waals surface area contributed by atoms with Gasteiger partial charge in [0, 0.05) is 42.3 Å². The molecule has 0 aliphatic carbocycles. The number of aromatic amines is 2. The summed E-state index contributed by atoms with van der Waals surface area (Å²) in [5.41, 5.74) is -0.433. The molecule has 2 fully saturated rings. The second kappa shape index (κ2) is 17.4. The molecule has 2 aliphatic rings. The molecule has 16 nitrogen and oxygen atoms in total. The molecule has 0 amide bonds. The summed E-state index contributed by atoms with van der Waals surface area (Å²) in [5, 5.41) is 24.3. The normalized spacial score (nSPS) is 22.1. The number of nitrogens with zero attached hydrogens (tertiary/aromatic N) is 3. The highest BCUT2D eigenvalue weighted by Gasteiger charge is 2.43. The first-order chi connectivity index (χ1) is 28.4. The number of hydroxylamine groups is 1. The molecule has 7 rings (SSSR count). The van der Waals surface area contributed by atoms with Crippen molar-refractivity contribution in [2.24, 2.45) is 5.92 Å². The van der Waals surface area contributed by atoms with Crippen LogP contribution in [0.5, 0.6) is 11.5 Å². The van der Waals surface area contributed by atoms with Crippen LogP contribution in [0.1, 0.15) is 59.5 Å². The Morgan fingerprint density at radius 2 is 1.25 bits per heavy atom. The number of H-pyrrole nitrogens is 2. The summed E-state index contributed by atoms with van der Waals surface area (Å²) in [6.45, 7) is 2.92. The molecule has 0 spiro atoms. The summed E-state index contributed by atoms with van der Waals surface area (Å²) in [4.78, 5) is 54.3. The van der Waals surface area contributed by atoms with E-state index < -0.39 is 58.9 Å². The molecule has 59 heavy (non-hydrogen) atoms. The maximum Gasteiger partial charge on any atom is 0.330 e. The molecule has 2 aliphatic heterocycles. The Morgan fingerprint density at radius 1 is 0.763 bits per heavy atom. The minimum atomic E-state index is -1.18. The van der Waals surface area contributed by atoms with Crippen molar-refractivity contribution in [3.8, 4) is 11.5 Å². The maximum atomic E-state index is 13.4. The van der Waals surface area contributed by atoms with Crippen LogP contribution in [0.25, 0.3) is 0 Å². The topological polar surface area (TPSA) is 202 Å². The van der Waals surface area contributed by atoms with Gasteiger partial charge in [-0.1, -0.05) is 54.6 Å². The maximum absolute atomic E-state index is 13.4. The number of rotatable bonds is 14. The molecule has 3 N–H and O–H groups in total. The number of aliphatic hydroxyl groups is 1. The molecular formula is C43H47N5O11. The fourth-order valence-electron chi connectivity index (χ4n) is 7.82. The molecule has 0 radical (unpaired) electrons. The average Bonchev–Trinajstić information content (AvgIpc) is 3.82. The highest BCUT2D eigenvalue weighted by atomic mass is 16.6. The van der Waals surface area contributed by atoms with Crippen LogP contribution >= 0.6 is 0 Å². The predicted molar refractivity (Wildman–Crippen MR) is 216 cm³/mol. The third-order valence-electron chi connectivity index (χ3n) is 11.1. The molecule has 0 saturated carbocycles. The van der Waals surface area contributed by atoms with Crippen molar-refractivity contribution in [2.75, 3.05) is 27.4 Å². The molecule has 4 heterocycles. The van der Waals surface area contributed by atoms with Crippen LogP contribution in [-0.2, 0) is 19.8 Å². The Morgan fingerprint density at radius 3 is 1.78 bits per heavy atom. The zero-order chi connectivity index (χ0) is 41.8. The fraction of sp³-hybridized carbons (Fsp3) is 0.372. The van der Waals surface area contributed by atoms with Crippen molar-refractivity contribution >= 4 is 6.21 Å². The van der Waals surface area contributed by atoms with Crippen LogP contribution in [-0.4, -0.2) is 80.8 Å². The number of benzene rings is 3. The van der Waals surface area contributed by atoms with Crippen LogP contribution in [0.15, 0.2) is 110 Å². The number of methoxy groups -OCH3 is 2. The summed E-state index contributed by atoms with van der Waals surface area (Å²) in [5.74, 6) is 0.970. The van der Waals surface area contributed by atoms with E-state index in [4.69, 9.17) is 23.7 Å². The minimum absolute atomic E-state index is 0.0113. The zero-order valence-corrected chi connectivity index (χ0v) is 33.1. The lowest BCUT2D eigenvalue weighted by Crippen LogP contribution is -2.37. The quantitative estimate of drug-likeness (QED) is 0.0489. The van der Waals surface area contributed by atoms with Crippen molar-refractivity contribution in [3.63, 3.8) is 0 Å². The smallest absolute Gasteiger partial charge is 0.330 e. The van der Waals surface area contributed by atoms with Gasteiger partial charge < -0.3 is 34.0 Å². The average molecular weight is 810 g/mol. The molecule has 6 atom stereocenters. The lowest BCUT2D eigenvalue weighted by molar-refractivity contribution is -0.468. The molecule has 3 aromatic carbocycles. The van der Waals surface area contributed by atoms with E-state index in [9.17, 15) is 29.5 Å². The first kappa shape index (κ1) is 41.1. The molecule has 2 aromatic heterocycles. The zero-order valence-electron chi connectivity index (χ0n) is 33.1. The standard InChI is InChI=1S/C43H47N5O11/c1-26-22-47(41(52)44-39(26)50)37-20-28(18-19-46(54)24-35-34(49)21-38(58-35)48-23-27(2)40(51)45-42(48)53)36(59-37)25-57-43(29-8-6-5-7-9-29,30-10-14-32(55-3)15-11-30)31-12-16-33(56-4)17-13-31/h5-17,19,22-23,28,34-38,49H,18,20-21,24-25H2,1-4H3,(H,44,50,52)(H,45,51,53)/b46-19-/t28-,34-,35+,36+,37+,38+/m0/s1. The summed E-state index contributed by atoms with van der Waals surface area (Å²) in [7, 11) is 3.20. The molecule has 0 bridgehead atoms. The molecule has 310 valence electrons. The van der Waals surface area contributed by atoms with Gasteiger partial charge >= 0.3 is 11.4 Å². The summed E-state index contributed by atoms with van der Waals surface area (Å²) >= 11 is 0.